The highest BCUT2D eigenvalue weighted by atomic mass is 14.9. The van der Waals surface area contributed by atoms with Crippen LogP contribution in [0, 0.1) is 0 Å². The van der Waals surface area contributed by atoms with Gasteiger partial charge in [0.05, 0.1) is 0 Å². The van der Waals surface area contributed by atoms with Crippen LogP contribution in [-0.4, -0.2) is 9.13 Å². The first-order valence-electron chi connectivity index (χ1n) is 11.3. The summed E-state index contributed by atoms with van der Waals surface area (Å²) in [6.07, 6.45) is 9.71. The summed E-state index contributed by atoms with van der Waals surface area (Å²) in [5.41, 5.74) is 10.9. The molecule has 5 aromatic rings. The van der Waals surface area contributed by atoms with E-state index in [1.54, 1.807) is 0 Å². The van der Waals surface area contributed by atoms with Crippen molar-refractivity contribution in [2.45, 2.75) is 19.3 Å². The van der Waals surface area contributed by atoms with Crippen LogP contribution in [0.2, 0.25) is 0 Å². The molecular formula is C30H28N2. The maximum atomic E-state index is 3.26. The number of nitrogens with zero attached hydrogens (tertiary/aromatic N) is 2. The number of fused-ring (bicyclic) bond motifs is 2. The van der Waals surface area contributed by atoms with Gasteiger partial charge in [-0.05, 0) is 53.0 Å². The Hall–Kier alpha value is -3.74. The predicted molar refractivity (Wildman–Crippen MR) is 136 cm³/mol. The van der Waals surface area contributed by atoms with Crippen LogP contribution >= 0.6 is 0 Å². The van der Waals surface area contributed by atoms with Crippen molar-refractivity contribution in [3.8, 4) is 0 Å². The first kappa shape index (κ1) is 20.2. The number of hydrogen-bond acceptors (Lipinski definition) is 0. The van der Waals surface area contributed by atoms with E-state index in [1.165, 1.54) is 44.1 Å². The predicted octanol–water partition coefficient (Wildman–Crippen LogP) is 7.43. The summed E-state index contributed by atoms with van der Waals surface area (Å²) in [4.78, 5) is 0. The van der Waals surface area contributed by atoms with Crippen molar-refractivity contribution in [2.75, 3.05) is 0 Å². The Morgan fingerprint density at radius 1 is 0.750 bits per heavy atom. The maximum Gasteiger partial charge on any atom is 0.0480 e. The van der Waals surface area contributed by atoms with Gasteiger partial charge in [-0.2, -0.15) is 0 Å². The van der Waals surface area contributed by atoms with E-state index in [9.17, 15) is 0 Å². The third-order valence-electron chi connectivity index (χ3n) is 6.32. The minimum Gasteiger partial charge on any atom is -0.350 e. The van der Waals surface area contributed by atoms with E-state index in [4.69, 9.17) is 0 Å². The van der Waals surface area contributed by atoms with Gasteiger partial charge in [0.1, 0.15) is 0 Å². The van der Waals surface area contributed by atoms with E-state index in [2.05, 4.69) is 133 Å². The summed E-state index contributed by atoms with van der Waals surface area (Å²) >= 11 is 0. The fraction of sp³-hybridized carbons (Fsp3) is 0.167. The summed E-state index contributed by atoms with van der Waals surface area (Å²) in [6, 6.07) is 26.4. The molecule has 2 heterocycles. The van der Waals surface area contributed by atoms with E-state index in [1.807, 2.05) is 0 Å². The van der Waals surface area contributed by atoms with E-state index >= 15 is 0 Å². The molecule has 0 aliphatic rings. The van der Waals surface area contributed by atoms with Crippen molar-refractivity contribution in [3.05, 3.63) is 119 Å². The van der Waals surface area contributed by atoms with Gasteiger partial charge in [0.25, 0.3) is 0 Å². The molecule has 0 N–H and O–H groups in total. The highest BCUT2D eigenvalue weighted by molar-refractivity contribution is 5.89. The van der Waals surface area contributed by atoms with Crippen LogP contribution in [0.1, 0.15) is 41.5 Å². The van der Waals surface area contributed by atoms with Gasteiger partial charge in [-0.25, -0.2) is 0 Å². The van der Waals surface area contributed by atoms with Crippen molar-refractivity contribution in [3.63, 3.8) is 0 Å². The average Bonchev–Trinajstić information content (AvgIpc) is 3.33. The topological polar surface area (TPSA) is 9.86 Å². The highest BCUT2D eigenvalue weighted by Crippen LogP contribution is 2.40. The zero-order valence-electron chi connectivity index (χ0n) is 18.9. The third kappa shape index (κ3) is 3.49. The fourth-order valence-corrected chi connectivity index (χ4v) is 4.79. The van der Waals surface area contributed by atoms with Crippen LogP contribution in [0.3, 0.4) is 0 Å². The average molecular weight is 417 g/mol. The smallest absolute Gasteiger partial charge is 0.0480 e. The summed E-state index contributed by atoms with van der Waals surface area (Å²) < 4.78 is 4.49. The second-order valence-corrected chi connectivity index (χ2v) is 8.45. The van der Waals surface area contributed by atoms with E-state index in [0.29, 0.717) is 0 Å². The molecule has 2 nitrogen and oxygen atoms in total. The lowest BCUT2D eigenvalue weighted by Crippen LogP contribution is -2.03. The van der Waals surface area contributed by atoms with Crippen molar-refractivity contribution in [1.29, 1.82) is 0 Å². The number of aromatic nitrogens is 2. The maximum absolute atomic E-state index is 3.26. The Kier molecular flexibility index (Phi) is 5.31. The summed E-state index contributed by atoms with van der Waals surface area (Å²) in [5, 5.41) is 2.62. The van der Waals surface area contributed by atoms with E-state index in [-0.39, 0.29) is 5.92 Å². The van der Waals surface area contributed by atoms with Crippen LogP contribution in [0.15, 0.2) is 97.0 Å². The van der Waals surface area contributed by atoms with Crippen molar-refractivity contribution < 1.29 is 0 Å². The standard InChI is InChI=1S/C30H28N2/c1-4-5-6-11-22-16-18-23(19-17-22)30(26-20-31(2)28-14-9-7-12-24(26)28)27-21-32(3)29-15-10-8-13-25(27)29/h5,7-21,30H,4H2,1-3H3. The molecule has 0 radical (unpaired) electrons. The van der Waals surface area contributed by atoms with Crippen LogP contribution in [0.4, 0.5) is 0 Å². The van der Waals surface area contributed by atoms with Crippen molar-refractivity contribution in [1.82, 2.24) is 9.13 Å². The number of benzene rings is 3. The second kappa shape index (κ2) is 8.42. The molecule has 32 heavy (non-hydrogen) atoms. The van der Waals surface area contributed by atoms with Gasteiger partial charge in [0.15, 0.2) is 0 Å². The molecule has 2 aromatic heterocycles. The van der Waals surface area contributed by atoms with Gasteiger partial charge in [0, 0.05) is 54.2 Å². The Morgan fingerprint density at radius 2 is 1.28 bits per heavy atom. The molecule has 0 unspecified atom stereocenters. The molecule has 0 aliphatic carbocycles. The summed E-state index contributed by atoms with van der Waals surface area (Å²) in [7, 11) is 4.28. The van der Waals surface area contributed by atoms with Crippen LogP contribution in [0.5, 0.6) is 0 Å². The number of rotatable bonds is 5. The molecule has 0 amide bonds. The largest absolute Gasteiger partial charge is 0.350 e. The molecule has 0 saturated heterocycles. The lowest BCUT2D eigenvalue weighted by atomic mass is 9.84. The van der Waals surface area contributed by atoms with Crippen LogP contribution < -0.4 is 0 Å². The van der Waals surface area contributed by atoms with Gasteiger partial charge in [-0.15, -0.1) is 5.73 Å². The number of aryl methyl sites for hydroxylation is 2. The third-order valence-corrected chi connectivity index (χ3v) is 6.32. The first-order valence-corrected chi connectivity index (χ1v) is 11.3. The van der Waals surface area contributed by atoms with Crippen molar-refractivity contribution >= 4 is 27.9 Å². The Bertz CT molecular complexity index is 1370. The summed E-state index contributed by atoms with van der Waals surface area (Å²) in [6.45, 7) is 2.13. The Labute approximate surface area is 189 Å². The zero-order valence-corrected chi connectivity index (χ0v) is 18.9. The molecular weight excluding hydrogens is 388 g/mol. The van der Waals surface area contributed by atoms with Gasteiger partial charge in [-0.1, -0.05) is 67.6 Å². The zero-order chi connectivity index (χ0) is 22.1. The molecule has 0 spiro atoms. The molecule has 0 atom stereocenters. The SMILES string of the molecule is CCC=C=Cc1ccc(C(c2cn(C)c3ccccc23)c2cn(C)c3ccccc23)cc1. The van der Waals surface area contributed by atoms with Gasteiger partial charge in [-0.3, -0.25) is 0 Å². The highest BCUT2D eigenvalue weighted by Gasteiger charge is 2.24. The molecule has 0 bridgehead atoms. The van der Waals surface area contributed by atoms with E-state index in [0.717, 1.165) is 6.42 Å². The quantitative estimate of drug-likeness (QED) is 0.264. The van der Waals surface area contributed by atoms with Crippen LogP contribution in [0.25, 0.3) is 27.9 Å². The second-order valence-electron chi connectivity index (χ2n) is 8.45. The minimum atomic E-state index is 0.149. The minimum absolute atomic E-state index is 0.149. The molecule has 5 rings (SSSR count). The lowest BCUT2D eigenvalue weighted by Gasteiger charge is -2.18. The molecule has 0 aliphatic heterocycles. The molecule has 3 aromatic carbocycles. The fourth-order valence-electron chi connectivity index (χ4n) is 4.79. The van der Waals surface area contributed by atoms with Crippen LogP contribution in [-0.2, 0) is 14.1 Å². The van der Waals surface area contributed by atoms with Crippen molar-refractivity contribution in [2.24, 2.45) is 14.1 Å². The Morgan fingerprint density at radius 3 is 1.81 bits per heavy atom. The molecule has 158 valence electrons. The lowest BCUT2D eigenvalue weighted by molar-refractivity contribution is 0.912. The number of allylic oxidation sites excluding steroid dienone is 1. The molecule has 2 heteroatoms. The number of hydrogen-bond donors (Lipinski definition) is 0. The van der Waals surface area contributed by atoms with Gasteiger partial charge in [0.2, 0.25) is 0 Å². The summed E-state index contributed by atoms with van der Waals surface area (Å²) in [5.74, 6) is 0.149. The normalized spacial score (nSPS) is 11.2. The molecule has 0 saturated carbocycles. The number of para-hydroxylation sites is 2. The van der Waals surface area contributed by atoms with Gasteiger partial charge >= 0.3 is 0 Å². The molecule has 0 fully saturated rings. The monoisotopic (exact) mass is 416 g/mol. The van der Waals surface area contributed by atoms with E-state index < -0.39 is 0 Å². The Balaban J connectivity index is 1.73. The van der Waals surface area contributed by atoms with Gasteiger partial charge < -0.3 is 9.13 Å². The first-order chi connectivity index (χ1) is 15.7.